The number of carbonyl (C=O) groups is 2. The quantitative estimate of drug-likeness (QED) is 0.290. The number of imidazole rings is 1. The van der Waals surface area contributed by atoms with Gasteiger partial charge in [-0.3, -0.25) is 14.7 Å². The minimum Gasteiger partial charge on any atom is -0.483 e. The molecule has 0 amide bonds. The van der Waals surface area contributed by atoms with Gasteiger partial charge in [0, 0.05) is 38.5 Å². The number of likely N-dealkylation sites (tertiary alicyclic amines) is 1. The van der Waals surface area contributed by atoms with E-state index >= 15 is 0 Å². The van der Waals surface area contributed by atoms with E-state index in [4.69, 9.17) is 29.1 Å². The fourth-order valence-electron chi connectivity index (χ4n) is 5.68. The van der Waals surface area contributed by atoms with E-state index in [1.807, 2.05) is 31.2 Å². The standard InChI is InChI=1S/C30H32N4O5.CH2O2/c1-30(22-5-4-12-31-18-22)38-26-7-3-6-23(28(26)39-30)20-10-13-33(14-11-20)19-27-32-24-9-8-21(29(35)36)17-25(24)34(27)15-16-37-2;2-1-3/h3-9,12,17-18,20H,10-11,13-16,19H2,1-2H3,(H,35,36);1H,(H,2,3). The lowest BCUT2D eigenvalue weighted by Crippen LogP contribution is -2.34. The number of carboxylic acid groups (broad SMARTS) is 2. The zero-order valence-electron chi connectivity index (χ0n) is 23.6. The van der Waals surface area contributed by atoms with E-state index in [0.717, 1.165) is 59.9 Å². The van der Waals surface area contributed by atoms with Gasteiger partial charge in [-0.15, -0.1) is 0 Å². The van der Waals surface area contributed by atoms with Gasteiger partial charge in [0.25, 0.3) is 12.3 Å². The molecule has 2 aliphatic rings. The summed E-state index contributed by atoms with van der Waals surface area (Å²) < 4.78 is 20.2. The first-order valence-corrected chi connectivity index (χ1v) is 13.8. The highest BCUT2D eigenvalue weighted by Crippen LogP contribution is 2.49. The molecule has 2 aromatic heterocycles. The summed E-state index contributed by atoms with van der Waals surface area (Å²) in [7, 11) is 1.67. The number of ether oxygens (including phenoxy) is 3. The predicted octanol–water partition coefficient (Wildman–Crippen LogP) is 4.50. The third-order valence-electron chi connectivity index (χ3n) is 7.78. The fourth-order valence-corrected chi connectivity index (χ4v) is 5.68. The summed E-state index contributed by atoms with van der Waals surface area (Å²) in [6.07, 6.45) is 5.51. The second-order valence-corrected chi connectivity index (χ2v) is 10.4. The molecule has 1 saturated heterocycles. The van der Waals surface area contributed by atoms with Crippen molar-refractivity contribution in [2.24, 2.45) is 0 Å². The number of piperidine rings is 1. The Labute approximate surface area is 243 Å². The summed E-state index contributed by atoms with van der Waals surface area (Å²) in [5.74, 6) is 1.05. The maximum atomic E-state index is 11.5. The predicted molar refractivity (Wildman–Crippen MR) is 154 cm³/mol. The van der Waals surface area contributed by atoms with Crippen LogP contribution in [-0.4, -0.2) is 68.9 Å². The van der Waals surface area contributed by atoms with Gasteiger partial charge >= 0.3 is 5.97 Å². The topological polar surface area (TPSA) is 136 Å². The summed E-state index contributed by atoms with van der Waals surface area (Å²) >= 11 is 0. The molecule has 1 fully saturated rings. The number of hydrogen-bond donors (Lipinski definition) is 2. The third kappa shape index (κ3) is 5.93. The number of para-hydroxylation sites is 1. The average molecular weight is 575 g/mol. The zero-order chi connectivity index (χ0) is 29.7. The summed E-state index contributed by atoms with van der Waals surface area (Å²) in [4.78, 5) is 31.4. The molecule has 1 atom stereocenters. The minimum absolute atomic E-state index is 0.250. The molecule has 220 valence electrons. The van der Waals surface area contributed by atoms with E-state index < -0.39 is 11.8 Å². The Morgan fingerprint density at radius 1 is 1.17 bits per heavy atom. The first kappa shape index (κ1) is 29.0. The van der Waals surface area contributed by atoms with Gasteiger partial charge in [-0.2, -0.15) is 0 Å². The summed E-state index contributed by atoms with van der Waals surface area (Å²) in [6, 6.07) is 15.1. The number of benzene rings is 2. The number of hydrogen-bond acceptors (Lipinski definition) is 8. The first-order chi connectivity index (χ1) is 20.4. The van der Waals surface area contributed by atoms with Crippen molar-refractivity contribution < 1.29 is 34.0 Å². The highest BCUT2D eigenvalue weighted by molar-refractivity contribution is 5.92. The molecule has 0 radical (unpaired) electrons. The second-order valence-electron chi connectivity index (χ2n) is 10.4. The molecule has 2 N–H and O–H groups in total. The van der Waals surface area contributed by atoms with Crippen LogP contribution in [0.4, 0.5) is 0 Å². The van der Waals surface area contributed by atoms with Gasteiger partial charge in [-0.1, -0.05) is 12.1 Å². The van der Waals surface area contributed by atoms with Crippen LogP contribution in [0.15, 0.2) is 60.9 Å². The van der Waals surface area contributed by atoms with Gasteiger partial charge in [0.15, 0.2) is 11.5 Å². The van der Waals surface area contributed by atoms with Crippen LogP contribution in [0, 0.1) is 0 Å². The highest BCUT2D eigenvalue weighted by Gasteiger charge is 2.41. The van der Waals surface area contributed by atoms with Crippen LogP contribution in [0.3, 0.4) is 0 Å². The van der Waals surface area contributed by atoms with E-state index in [2.05, 4.69) is 20.5 Å². The Hall–Kier alpha value is -4.48. The highest BCUT2D eigenvalue weighted by atomic mass is 16.7. The summed E-state index contributed by atoms with van der Waals surface area (Å²) in [6.45, 7) is 5.36. The monoisotopic (exact) mass is 574 g/mol. The lowest BCUT2D eigenvalue weighted by Gasteiger charge is -2.32. The number of aromatic nitrogens is 3. The van der Waals surface area contributed by atoms with Gasteiger partial charge < -0.3 is 29.0 Å². The molecular weight excluding hydrogens is 540 g/mol. The van der Waals surface area contributed by atoms with Gasteiger partial charge in [0.05, 0.1) is 35.3 Å². The van der Waals surface area contributed by atoms with Gasteiger partial charge in [-0.25, -0.2) is 9.78 Å². The molecular formula is C31H34N4O7. The largest absolute Gasteiger partial charge is 0.483 e. The Kier molecular flexibility index (Phi) is 8.69. The molecule has 6 rings (SSSR count). The Bertz CT molecular complexity index is 1550. The van der Waals surface area contributed by atoms with Gasteiger partial charge in [0.2, 0.25) is 0 Å². The molecule has 0 saturated carbocycles. The molecule has 4 aromatic rings. The molecule has 1 unspecified atom stereocenters. The van der Waals surface area contributed by atoms with Crippen molar-refractivity contribution in [3.63, 3.8) is 0 Å². The van der Waals surface area contributed by atoms with E-state index in [-0.39, 0.29) is 12.0 Å². The van der Waals surface area contributed by atoms with Crippen LogP contribution >= 0.6 is 0 Å². The Morgan fingerprint density at radius 2 is 1.95 bits per heavy atom. The van der Waals surface area contributed by atoms with E-state index in [9.17, 15) is 9.90 Å². The van der Waals surface area contributed by atoms with Crippen LogP contribution in [0.1, 0.15) is 53.0 Å². The molecule has 11 heteroatoms. The normalized spacial score (nSPS) is 18.4. The molecule has 0 bridgehead atoms. The number of nitrogens with zero attached hydrogens (tertiary/aromatic N) is 4. The molecule has 2 aliphatic heterocycles. The minimum atomic E-state index is -0.942. The fraction of sp³-hybridized carbons (Fsp3) is 0.355. The molecule has 0 spiro atoms. The van der Waals surface area contributed by atoms with Crippen LogP contribution < -0.4 is 9.47 Å². The molecule has 0 aliphatic carbocycles. The summed E-state index contributed by atoms with van der Waals surface area (Å²) in [5.41, 5.74) is 3.96. The molecule has 2 aromatic carbocycles. The molecule has 42 heavy (non-hydrogen) atoms. The Morgan fingerprint density at radius 3 is 2.64 bits per heavy atom. The maximum absolute atomic E-state index is 11.5. The van der Waals surface area contributed by atoms with Crippen molar-refractivity contribution in [2.75, 3.05) is 26.8 Å². The van der Waals surface area contributed by atoms with E-state index in [0.29, 0.717) is 25.6 Å². The van der Waals surface area contributed by atoms with Crippen molar-refractivity contribution in [1.82, 2.24) is 19.4 Å². The lowest BCUT2D eigenvalue weighted by atomic mass is 9.88. The van der Waals surface area contributed by atoms with Crippen LogP contribution in [0.2, 0.25) is 0 Å². The summed E-state index contributed by atoms with van der Waals surface area (Å²) in [5, 5.41) is 16.3. The van der Waals surface area contributed by atoms with Crippen molar-refractivity contribution in [2.45, 2.75) is 44.6 Å². The number of carboxylic acids is 1. The van der Waals surface area contributed by atoms with Crippen molar-refractivity contribution >= 4 is 23.5 Å². The van der Waals surface area contributed by atoms with Gasteiger partial charge in [-0.05, 0) is 68.2 Å². The number of rotatable bonds is 8. The van der Waals surface area contributed by atoms with Gasteiger partial charge in [0.1, 0.15) is 5.82 Å². The molecule has 11 nitrogen and oxygen atoms in total. The van der Waals surface area contributed by atoms with E-state index in [1.54, 1.807) is 37.7 Å². The Balaban J connectivity index is 0.00000113. The van der Waals surface area contributed by atoms with Crippen molar-refractivity contribution in [1.29, 1.82) is 0 Å². The smallest absolute Gasteiger partial charge is 0.335 e. The second kappa shape index (κ2) is 12.6. The van der Waals surface area contributed by atoms with Crippen LogP contribution in [-0.2, 0) is 28.4 Å². The van der Waals surface area contributed by atoms with Crippen LogP contribution in [0.5, 0.6) is 11.5 Å². The van der Waals surface area contributed by atoms with Crippen molar-refractivity contribution in [3.05, 3.63) is 83.4 Å². The third-order valence-corrected chi connectivity index (χ3v) is 7.78. The number of aromatic carboxylic acids is 1. The molecule has 4 heterocycles. The zero-order valence-corrected chi connectivity index (χ0v) is 23.6. The maximum Gasteiger partial charge on any atom is 0.335 e. The van der Waals surface area contributed by atoms with Crippen molar-refractivity contribution in [3.8, 4) is 11.5 Å². The SMILES string of the molecule is COCCn1c(CN2CCC(c3cccc4c3OC(C)(c3cccnc3)O4)CC2)nc2ccc(C(=O)O)cc21.O=CO. The lowest BCUT2D eigenvalue weighted by molar-refractivity contribution is -0.122. The first-order valence-electron chi connectivity index (χ1n) is 13.8. The van der Waals surface area contributed by atoms with Crippen LogP contribution in [0.25, 0.3) is 11.0 Å². The average Bonchev–Trinajstić information content (AvgIpc) is 3.53. The number of methoxy groups -OCH3 is 1. The number of pyridine rings is 1. The number of fused-ring (bicyclic) bond motifs is 2. The van der Waals surface area contributed by atoms with E-state index in [1.165, 1.54) is 5.56 Å².